The van der Waals surface area contributed by atoms with Crippen LogP contribution in [-0.4, -0.2) is 33.9 Å². The lowest BCUT2D eigenvalue weighted by molar-refractivity contribution is -0.175. The van der Waals surface area contributed by atoms with Crippen molar-refractivity contribution in [1.82, 2.24) is 5.06 Å². The molecular weight excluding hydrogens is 218 g/mol. The first-order valence-corrected chi connectivity index (χ1v) is 5.74. The molecule has 0 fully saturated rings. The van der Waals surface area contributed by atoms with Crippen LogP contribution >= 0.6 is 0 Å². The minimum atomic E-state index is -0.990. The molecule has 0 saturated carbocycles. The fourth-order valence-corrected chi connectivity index (χ4v) is 1.78. The summed E-state index contributed by atoms with van der Waals surface area (Å²) in [5.41, 5.74) is 1.08. The Morgan fingerprint density at radius 1 is 1.29 bits per heavy atom. The van der Waals surface area contributed by atoms with Gasteiger partial charge in [-0.2, -0.15) is 5.06 Å². The summed E-state index contributed by atoms with van der Waals surface area (Å²) < 4.78 is 0. The Morgan fingerprint density at radius 3 is 2.35 bits per heavy atom. The predicted octanol–water partition coefficient (Wildman–Crippen LogP) is 2.03. The van der Waals surface area contributed by atoms with Gasteiger partial charge in [0.1, 0.15) is 6.04 Å². The van der Waals surface area contributed by atoms with E-state index in [1.165, 1.54) is 0 Å². The molecule has 0 radical (unpaired) electrons. The van der Waals surface area contributed by atoms with Crippen LogP contribution in [0, 0.1) is 5.92 Å². The Bertz CT molecular complexity index is 351. The fraction of sp³-hybridized carbons (Fsp3) is 0.462. The molecule has 0 unspecified atom stereocenters. The molecule has 1 rings (SSSR count). The van der Waals surface area contributed by atoms with Gasteiger partial charge >= 0.3 is 5.97 Å². The highest BCUT2D eigenvalue weighted by Gasteiger charge is 2.27. The number of hydroxylamine groups is 2. The van der Waals surface area contributed by atoms with E-state index in [4.69, 9.17) is 5.11 Å². The van der Waals surface area contributed by atoms with Gasteiger partial charge < -0.3 is 10.3 Å². The molecule has 2 N–H and O–H groups in total. The van der Waals surface area contributed by atoms with Crippen LogP contribution in [0.2, 0.25) is 0 Å². The van der Waals surface area contributed by atoms with Gasteiger partial charge in [0.25, 0.3) is 0 Å². The van der Waals surface area contributed by atoms with Crippen molar-refractivity contribution in [3.63, 3.8) is 0 Å². The molecule has 94 valence electrons. The monoisotopic (exact) mass is 237 g/mol. The van der Waals surface area contributed by atoms with Crippen LogP contribution in [0.1, 0.15) is 19.4 Å². The van der Waals surface area contributed by atoms with Crippen LogP contribution in [0.5, 0.6) is 0 Å². The minimum absolute atomic E-state index is 0.131. The number of hydrogen-bond donors (Lipinski definition) is 2. The van der Waals surface area contributed by atoms with Crippen LogP contribution in [0.4, 0.5) is 0 Å². The van der Waals surface area contributed by atoms with Gasteiger partial charge in [-0.1, -0.05) is 44.2 Å². The van der Waals surface area contributed by atoms with E-state index in [1.807, 2.05) is 30.3 Å². The summed E-state index contributed by atoms with van der Waals surface area (Å²) in [6, 6.07) is 8.84. The lowest BCUT2D eigenvalue weighted by Crippen LogP contribution is -2.43. The van der Waals surface area contributed by atoms with Crippen molar-refractivity contribution < 1.29 is 15.1 Å². The molecule has 17 heavy (non-hydrogen) atoms. The summed E-state index contributed by atoms with van der Waals surface area (Å²) in [5.74, 6) is -1.12. The van der Waals surface area contributed by atoms with Crippen LogP contribution in [0.3, 0.4) is 0 Å². The van der Waals surface area contributed by atoms with E-state index in [9.17, 15) is 10.0 Å². The average Bonchev–Trinajstić information content (AvgIpc) is 2.27. The zero-order chi connectivity index (χ0) is 12.8. The molecule has 1 aromatic carbocycles. The van der Waals surface area contributed by atoms with Gasteiger partial charge in [0.15, 0.2) is 0 Å². The average molecular weight is 237 g/mol. The predicted molar refractivity (Wildman–Crippen MR) is 64.9 cm³/mol. The second-order valence-corrected chi connectivity index (χ2v) is 4.43. The van der Waals surface area contributed by atoms with Crippen molar-refractivity contribution >= 4 is 5.97 Å². The van der Waals surface area contributed by atoms with Gasteiger partial charge in [-0.25, -0.2) is 0 Å². The maximum Gasteiger partial charge on any atom is 0.323 e. The summed E-state index contributed by atoms with van der Waals surface area (Å²) >= 11 is 0. The summed E-state index contributed by atoms with van der Waals surface area (Å²) in [4.78, 5) is 11.0. The lowest BCUT2D eigenvalue weighted by atomic mass is 10.0. The second kappa shape index (κ2) is 6.37. The van der Waals surface area contributed by atoms with Crippen LogP contribution in [0.15, 0.2) is 30.3 Å². The number of rotatable bonds is 6. The highest BCUT2D eigenvalue weighted by molar-refractivity contribution is 5.73. The Labute approximate surface area is 101 Å². The van der Waals surface area contributed by atoms with Crippen molar-refractivity contribution in [2.75, 3.05) is 6.54 Å². The molecule has 0 saturated heterocycles. The highest BCUT2D eigenvalue weighted by Crippen LogP contribution is 2.10. The third-order valence-electron chi connectivity index (χ3n) is 2.68. The van der Waals surface area contributed by atoms with Gasteiger partial charge in [-0.15, -0.1) is 0 Å². The molecule has 0 aliphatic heterocycles. The zero-order valence-electron chi connectivity index (χ0n) is 10.2. The van der Waals surface area contributed by atoms with Crippen LogP contribution in [0.25, 0.3) is 0 Å². The molecule has 4 heteroatoms. The number of benzene rings is 1. The Morgan fingerprint density at radius 2 is 1.88 bits per heavy atom. The first-order valence-electron chi connectivity index (χ1n) is 5.74. The topological polar surface area (TPSA) is 60.8 Å². The summed E-state index contributed by atoms with van der Waals surface area (Å²) in [6.07, 6.45) is 0.633. The summed E-state index contributed by atoms with van der Waals surface area (Å²) in [6.45, 7) is 3.88. The van der Waals surface area contributed by atoms with Crippen molar-refractivity contribution in [3.8, 4) is 0 Å². The third kappa shape index (κ3) is 4.17. The van der Waals surface area contributed by atoms with E-state index in [0.29, 0.717) is 13.0 Å². The minimum Gasteiger partial charge on any atom is -0.480 e. The fourth-order valence-electron chi connectivity index (χ4n) is 1.78. The van der Waals surface area contributed by atoms with E-state index >= 15 is 0 Å². The molecular formula is C13H19NO3. The van der Waals surface area contributed by atoms with Gasteiger partial charge in [-0.3, -0.25) is 4.79 Å². The maximum absolute atomic E-state index is 11.0. The van der Waals surface area contributed by atoms with Gasteiger partial charge in [0.2, 0.25) is 0 Å². The van der Waals surface area contributed by atoms with Crippen molar-refractivity contribution in [3.05, 3.63) is 35.9 Å². The molecule has 0 aromatic heterocycles. The molecule has 1 atom stereocenters. The standard InChI is InChI=1S/C13H19NO3/c1-10(2)12(13(15)16)14(17)9-8-11-6-4-3-5-7-11/h3-7,10,12,17H,8-9H2,1-2H3,(H,15,16)/t12-/m0/s1. The van der Waals surface area contributed by atoms with Crippen LogP contribution in [-0.2, 0) is 11.2 Å². The van der Waals surface area contributed by atoms with Crippen molar-refractivity contribution in [2.45, 2.75) is 26.3 Å². The molecule has 0 amide bonds. The molecule has 0 bridgehead atoms. The van der Waals surface area contributed by atoms with Gasteiger partial charge in [0, 0.05) is 6.54 Å². The van der Waals surface area contributed by atoms with E-state index < -0.39 is 12.0 Å². The van der Waals surface area contributed by atoms with Crippen molar-refractivity contribution in [1.29, 1.82) is 0 Å². The summed E-state index contributed by atoms with van der Waals surface area (Å²) in [5, 5.41) is 19.7. The Kier molecular flexibility index (Phi) is 5.12. The first kappa shape index (κ1) is 13.7. The van der Waals surface area contributed by atoms with Gasteiger partial charge in [-0.05, 0) is 17.9 Å². The molecule has 0 spiro atoms. The highest BCUT2D eigenvalue weighted by atomic mass is 16.5. The zero-order valence-corrected chi connectivity index (χ0v) is 10.2. The molecule has 4 nitrogen and oxygen atoms in total. The largest absolute Gasteiger partial charge is 0.480 e. The SMILES string of the molecule is CC(C)[C@@H](C(=O)O)N(O)CCc1ccccc1. The molecule has 1 aromatic rings. The third-order valence-corrected chi connectivity index (χ3v) is 2.68. The number of carboxylic acid groups (broad SMARTS) is 1. The normalized spacial score (nSPS) is 13.0. The quantitative estimate of drug-likeness (QED) is 0.743. The number of carbonyl (C=O) groups is 1. The maximum atomic E-state index is 11.0. The molecule has 0 aliphatic rings. The van der Waals surface area contributed by atoms with Crippen molar-refractivity contribution in [2.24, 2.45) is 5.92 Å². The van der Waals surface area contributed by atoms with Crippen LogP contribution < -0.4 is 0 Å². The summed E-state index contributed by atoms with van der Waals surface area (Å²) in [7, 11) is 0. The Balaban J connectivity index is 2.53. The first-order chi connectivity index (χ1) is 8.02. The molecule has 0 heterocycles. The number of carboxylic acids is 1. The molecule has 0 aliphatic carbocycles. The Hall–Kier alpha value is -1.39. The number of aliphatic carboxylic acids is 1. The number of hydrogen-bond acceptors (Lipinski definition) is 3. The smallest absolute Gasteiger partial charge is 0.323 e. The van der Waals surface area contributed by atoms with E-state index in [1.54, 1.807) is 13.8 Å². The van der Waals surface area contributed by atoms with Gasteiger partial charge in [0.05, 0.1) is 0 Å². The lowest BCUT2D eigenvalue weighted by Gasteiger charge is -2.25. The number of nitrogens with zero attached hydrogens (tertiary/aromatic N) is 1. The van der Waals surface area contributed by atoms with E-state index in [0.717, 1.165) is 10.6 Å². The van der Waals surface area contributed by atoms with E-state index in [2.05, 4.69) is 0 Å². The second-order valence-electron chi connectivity index (χ2n) is 4.43. The van der Waals surface area contributed by atoms with E-state index in [-0.39, 0.29) is 5.92 Å².